The van der Waals surface area contributed by atoms with Crippen LogP contribution in [0.1, 0.15) is 36.8 Å². The van der Waals surface area contributed by atoms with E-state index in [1.165, 1.54) is 11.1 Å². The maximum atomic E-state index is 12.2. The Balaban J connectivity index is 1.95. The van der Waals surface area contributed by atoms with Crippen molar-refractivity contribution in [2.24, 2.45) is 11.8 Å². The second-order valence-electron chi connectivity index (χ2n) is 6.14. The minimum Gasteiger partial charge on any atom is -0.396 e. The zero-order valence-corrected chi connectivity index (χ0v) is 13.9. The van der Waals surface area contributed by atoms with Gasteiger partial charge in [0, 0.05) is 32.5 Å². The van der Waals surface area contributed by atoms with Gasteiger partial charge in [0.1, 0.15) is 12.4 Å². The van der Waals surface area contributed by atoms with Gasteiger partial charge < -0.3 is 9.84 Å². The lowest BCUT2D eigenvalue weighted by Crippen LogP contribution is -2.16. The van der Waals surface area contributed by atoms with Crippen LogP contribution in [0.5, 0.6) is 0 Å². The van der Waals surface area contributed by atoms with E-state index in [9.17, 15) is 4.79 Å². The highest BCUT2D eigenvalue weighted by Crippen LogP contribution is 2.34. The monoisotopic (exact) mass is 314 g/mol. The number of aliphatic hydroxyl groups excluding tert-OH is 1. The number of ketones is 1. The smallest absolute Gasteiger partial charge is 0.136 e. The standard InChI is InChI=1S/C20H26O3/c1-23-15-5-4-8-18-10-12-20(22)19(18)11-9-16-6-2-3-7-17(16)13-14-21/h2-3,6-7,18-19,21H,8-15H2,1H3/t18-,19+/m0/s1. The Morgan fingerprint density at radius 1 is 1.22 bits per heavy atom. The van der Waals surface area contributed by atoms with E-state index in [-0.39, 0.29) is 12.5 Å². The van der Waals surface area contributed by atoms with E-state index in [1.807, 2.05) is 12.1 Å². The van der Waals surface area contributed by atoms with Crippen LogP contribution >= 0.6 is 0 Å². The largest absolute Gasteiger partial charge is 0.396 e. The summed E-state index contributed by atoms with van der Waals surface area (Å²) in [6, 6.07) is 8.21. The van der Waals surface area contributed by atoms with E-state index in [2.05, 4.69) is 24.0 Å². The first kappa shape index (κ1) is 17.7. The molecule has 0 saturated heterocycles. The van der Waals surface area contributed by atoms with Crippen LogP contribution in [-0.2, 0) is 22.4 Å². The van der Waals surface area contributed by atoms with Gasteiger partial charge in [0.2, 0.25) is 0 Å². The molecular formula is C20H26O3. The lowest BCUT2D eigenvalue weighted by Gasteiger charge is -2.17. The molecule has 0 unspecified atom stereocenters. The van der Waals surface area contributed by atoms with Crippen LogP contribution in [0.4, 0.5) is 0 Å². The molecule has 2 rings (SSSR count). The Labute approximate surface area is 139 Å². The second kappa shape index (κ2) is 9.50. The lowest BCUT2D eigenvalue weighted by atomic mass is 9.86. The molecule has 1 aliphatic rings. The molecule has 0 amide bonds. The first-order valence-corrected chi connectivity index (χ1v) is 8.41. The van der Waals surface area contributed by atoms with Crippen molar-refractivity contribution in [2.75, 3.05) is 20.3 Å². The maximum absolute atomic E-state index is 12.2. The fourth-order valence-corrected chi connectivity index (χ4v) is 3.42. The van der Waals surface area contributed by atoms with Crippen molar-refractivity contribution >= 4 is 5.78 Å². The minimum atomic E-state index is 0.133. The van der Waals surface area contributed by atoms with E-state index in [0.717, 1.165) is 25.7 Å². The van der Waals surface area contributed by atoms with Gasteiger partial charge in [-0.1, -0.05) is 30.2 Å². The molecule has 1 fully saturated rings. The van der Waals surface area contributed by atoms with Crippen LogP contribution in [0.3, 0.4) is 0 Å². The minimum absolute atomic E-state index is 0.133. The van der Waals surface area contributed by atoms with Crippen molar-refractivity contribution in [3.8, 4) is 11.8 Å². The summed E-state index contributed by atoms with van der Waals surface area (Å²) in [6.07, 6.45) is 4.91. The van der Waals surface area contributed by atoms with E-state index < -0.39 is 0 Å². The molecule has 0 spiro atoms. The van der Waals surface area contributed by atoms with Crippen molar-refractivity contribution in [1.29, 1.82) is 0 Å². The number of aryl methyl sites for hydroxylation is 1. The molecule has 3 heteroatoms. The molecule has 1 aromatic carbocycles. The number of Topliss-reactive ketones (excluding diaryl/α,β-unsaturated/α-hetero) is 1. The first-order valence-electron chi connectivity index (χ1n) is 8.41. The molecule has 124 valence electrons. The molecule has 1 aromatic rings. The summed E-state index contributed by atoms with van der Waals surface area (Å²) in [7, 11) is 1.64. The first-order chi connectivity index (χ1) is 11.3. The predicted molar refractivity (Wildman–Crippen MR) is 91.0 cm³/mol. The molecule has 0 aromatic heterocycles. The van der Waals surface area contributed by atoms with Gasteiger partial charge in [-0.25, -0.2) is 0 Å². The van der Waals surface area contributed by atoms with Gasteiger partial charge in [0.05, 0.1) is 0 Å². The Kier molecular flexibility index (Phi) is 7.32. The van der Waals surface area contributed by atoms with Crippen LogP contribution in [0.15, 0.2) is 24.3 Å². The van der Waals surface area contributed by atoms with Gasteiger partial charge in [0.15, 0.2) is 0 Å². The van der Waals surface area contributed by atoms with Gasteiger partial charge in [-0.2, -0.15) is 0 Å². The van der Waals surface area contributed by atoms with Crippen molar-refractivity contribution in [2.45, 2.75) is 38.5 Å². The molecule has 23 heavy (non-hydrogen) atoms. The molecule has 1 saturated carbocycles. The van der Waals surface area contributed by atoms with Crippen molar-refractivity contribution in [3.63, 3.8) is 0 Å². The van der Waals surface area contributed by atoms with E-state index in [1.54, 1.807) is 7.11 Å². The quantitative estimate of drug-likeness (QED) is 0.787. The van der Waals surface area contributed by atoms with Crippen LogP contribution < -0.4 is 0 Å². The summed E-state index contributed by atoms with van der Waals surface area (Å²) in [4.78, 5) is 12.2. The third-order valence-electron chi connectivity index (χ3n) is 4.67. The molecule has 3 nitrogen and oxygen atoms in total. The summed E-state index contributed by atoms with van der Waals surface area (Å²) >= 11 is 0. The number of carbonyl (C=O) groups is 1. The number of carbonyl (C=O) groups excluding carboxylic acids is 1. The summed E-state index contributed by atoms with van der Waals surface area (Å²) < 4.78 is 4.94. The van der Waals surface area contributed by atoms with Crippen LogP contribution in [0.2, 0.25) is 0 Å². The Morgan fingerprint density at radius 3 is 2.65 bits per heavy atom. The van der Waals surface area contributed by atoms with Gasteiger partial charge >= 0.3 is 0 Å². The molecule has 0 heterocycles. The number of rotatable bonds is 7. The number of hydrogen-bond donors (Lipinski definition) is 1. The van der Waals surface area contributed by atoms with Crippen molar-refractivity contribution < 1.29 is 14.6 Å². The topological polar surface area (TPSA) is 46.5 Å². The summed E-state index contributed by atoms with van der Waals surface area (Å²) in [5.41, 5.74) is 2.45. The fourth-order valence-electron chi connectivity index (χ4n) is 3.42. The van der Waals surface area contributed by atoms with E-state index in [4.69, 9.17) is 9.84 Å². The van der Waals surface area contributed by atoms with E-state index >= 15 is 0 Å². The summed E-state index contributed by atoms with van der Waals surface area (Å²) in [5.74, 6) is 7.05. The van der Waals surface area contributed by atoms with Gasteiger partial charge in [0.25, 0.3) is 0 Å². The van der Waals surface area contributed by atoms with Crippen LogP contribution in [-0.4, -0.2) is 31.2 Å². The average molecular weight is 314 g/mol. The number of hydrogen-bond acceptors (Lipinski definition) is 3. The zero-order chi connectivity index (χ0) is 16.5. The average Bonchev–Trinajstić information content (AvgIpc) is 2.91. The lowest BCUT2D eigenvalue weighted by molar-refractivity contribution is -0.121. The van der Waals surface area contributed by atoms with Gasteiger partial charge in [-0.05, 0) is 42.7 Å². The highest BCUT2D eigenvalue weighted by Gasteiger charge is 2.33. The third-order valence-corrected chi connectivity index (χ3v) is 4.67. The van der Waals surface area contributed by atoms with Gasteiger partial charge in [-0.3, -0.25) is 4.79 Å². The fraction of sp³-hybridized carbons (Fsp3) is 0.550. The van der Waals surface area contributed by atoms with Crippen molar-refractivity contribution in [1.82, 2.24) is 0 Å². The maximum Gasteiger partial charge on any atom is 0.136 e. The highest BCUT2D eigenvalue weighted by atomic mass is 16.5. The molecule has 2 atom stereocenters. The normalized spacial score (nSPS) is 20.3. The number of aliphatic hydroxyl groups is 1. The van der Waals surface area contributed by atoms with Crippen molar-refractivity contribution in [3.05, 3.63) is 35.4 Å². The molecule has 0 bridgehead atoms. The number of ether oxygens (including phenoxy) is 1. The number of benzene rings is 1. The molecule has 1 N–H and O–H groups in total. The molecule has 1 aliphatic carbocycles. The second-order valence-corrected chi connectivity index (χ2v) is 6.14. The summed E-state index contributed by atoms with van der Waals surface area (Å²) in [5, 5.41) is 9.17. The highest BCUT2D eigenvalue weighted by molar-refractivity contribution is 5.83. The third kappa shape index (κ3) is 5.20. The molecule has 0 radical (unpaired) electrons. The number of methoxy groups -OCH3 is 1. The molecule has 0 aliphatic heterocycles. The Morgan fingerprint density at radius 2 is 1.96 bits per heavy atom. The Bertz CT molecular complexity index is 568. The Hall–Kier alpha value is -1.63. The predicted octanol–water partition coefficient (Wildman–Crippen LogP) is 2.79. The van der Waals surface area contributed by atoms with Crippen LogP contribution in [0, 0.1) is 23.7 Å². The van der Waals surface area contributed by atoms with E-state index in [0.29, 0.717) is 31.1 Å². The zero-order valence-electron chi connectivity index (χ0n) is 13.9. The SMILES string of the molecule is COCC#CC[C@H]1CCC(=O)[C@@H]1CCc1ccccc1CCO. The summed E-state index contributed by atoms with van der Waals surface area (Å²) in [6.45, 7) is 0.622. The van der Waals surface area contributed by atoms with Gasteiger partial charge in [-0.15, -0.1) is 5.92 Å². The molecular weight excluding hydrogens is 288 g/mol. The van der Waals surface area contributed by atoms with Crippen LogP contribution in [0.25, 0.3) is 0 Å².